The summed E-state index contributed by atoms with van der Waals surface area (Å²) in [6, 6.07) is 14.4. The maximum atomic E-state index is 12.5. The minimum atomic E-state index is -3.59. The van der Waals surface area contributed by atoms with Gasteiger partial charge in [0, 0.05) is 38.3 Å². The first kappa shape index (κ1) is 23.4. The third-order valence-electron chi connectivity index (χ3n) is 5.57. The van der Waals surface area contributed by atoms with Crippen molar-refractivity contribution in [3.63, 3.8) is 0 Å². The number of amides is 1. The molecule has 2 aromatic carbocycles. The highest BCUT2D eigenvalue weighted by molar-refractivity contribution is 7.89. The van der Waals surface area contributed by atoms with Crippen LogP contribution in [0.5, 0.6) is 0 Å². The molecule has 1 heterocycles. The van der Waals surface area contributed by atoms with Gasteiger partial charge in [0.25, 0.3) is 5.91 Å². The predicted molar refractivity (Wildman–Crippen MR) is 123 cm³/mol. The second-order valence-corrected chi connectivity index (χ2v) is 10.4. The third-order valence-corrected chi connectivity index (χ3v) is 7.11. The number of rotatable bonds is 8. The number of likely N-dealkylation sites (tertiary alicyclic amines) is 1. The van der Waals surface area contributed by atoms with Crippen molar-refractivity contribution in [3.05, 3.63) is 65.2 Å². The second-order valence-electron chi connectivity index (χ2n) is 8.67. The Morgan fingerprint density at radius 2 is 1.68 bits per heavy atom. The first-order chi connectivity index (χ1) is 14.8. The lowest BCUT2D eigenvalue weighted by Crippen LogP contribution is -2.38. The van der Waals surface area contributed by atoms with Gasteiger partial charge in [-0.1, -0.05) is 51.1 Å². The van der Waals surface area contributed by atoms with E-state index < -0.39 is 10.0 Å². The highest BCUT2D eigenvalue weighted by Gasteiger charge is 2.21. The Hall–Kier alpha value is -2.22. The van der Waals surface area contributed by atoms with Crippen LogP contribution in [0.3, 0.4) is 0 Å². The van der Waals surface area contributed by atoms with Crippen molar-refractivity contribution in [3.8, 4) is 0 Å². The van der Waals surface area contributed by atoms with E-state index in [9.17, 15) is 13.2 Å². The normalized spacial score (nSPS) is 19.8. The molecule has 1 aliphatic rings. The van der Waals surface area contributed by atoms with Gasteiger partial charge >= 0.3 is 0 Å². The molecule has 0 bridgehead atoms. The van der Waals surface area contributed by atoms with Gasteiger partial charge < -0.3 is 5.32 Å². The number of nitrogens with one attached hydrogen (secondary N) is 2. The summed E-state index contributed by atoms with van der Waals surface area (Å²) < 4.78 is 26.7. The van der Waals surface area contributed by atoms with Gasteiger partial charge in [0.15, 0.2) is 0 Å². The molecule has 0 aliphatic carbocycles. The number of hydrogen-bond donors (Lipinski definition) is 2. The van der Waals surface area contributed by atoms with Crippen molar-refractivity contribution in [2.45, 2.75) is 45.2 Å². The van der Waals surface area contributed by atoms with Crippen LogP contribution in [0, 0.1) is 11.8 Å². The SMILES string of the molecule is CCNS(=O)(=O)c1cccc(C(=O)NCc2ccc(CN3CC(C)CC(C)C3)cc2)c1. The summed E-state index contributed by atoms with van der Waals surface area (Å²) in [5, 5.41) is 2.87. The van der Waals surface area contributed by atoms with E-state index in [1.54, 1.807) is 19.1 Å². The molecular formula is C24H33N3O3S. The van der Waals surface area contributed by atoms with Gasteiger partial charge in [0.2, 0.25) is 10.0 Å². The van der Waals surface area contributed by atoms with Gasteiger partial charge in [-0.15, -0.1) is 0 Å². The minimum Gasteiger partial charge on any atom is -0.348 e. The molecule has 31 heavy (non-hydrogen) atoms. The fraction of sp³-hybridized carbons (Fsp3) is 0.458. The summed E-state index contributed by atoms with van der Waals surface area (Å²) in [5.41, 5.74) is 2.61. The molecule has 2 unspecified atom stereocenters. The van der Waals surface area contributed by atoms with Gasteiger partial charge in [0.1, 0.15) is 0 Å². The fourth-order valence-corrected chi connectivity index (χ4v) is 5.39. The third kappa shape index (κ3) is 6.63. The summed E-state index contributed by atoms with van der Waals surface area (Å²) in [4.78, 5) is 15.1. The fourth-order valence-electron chi connectivity index (χ4n) is 4.30. The molecule has 1 amide bonds. The van der Waals surface area contributed by atoms with Crippen molar-refractivity contribution in [2.75, 3.05) is 19.6 Å². The quantitative estimate of drug-likeness (QED) is 0.656. The molecule has 0 saturated carbocycles. The molecule has 1 aliphatic heterocycles. The zero-order valence-electron chi connectivity index (χ0n) is 18.6. The summed E-state index contributed by atoms with van der Waals surface area (Å²) in [7, 11) is -3.59. The molecule has 2 atom stereocenters. The van der Waals surface area contributed by atoms with Gasteiger partial charge in [-0.3, -0.25) is 9.69 Å². The number of nitrogens with zero attached hydrogens (tertiary/aromatic N) is 1. The molecule has 1 saturated heterocycles. The minimum absolute atomic E-state index is 0.0905. The molecule has 0 radical (unpaired) electrons. The Kier molecular flexibility index (Phi) is 7.86. The van der Waals surface area contributed by atoms with Gasteiger partial charge in [-0.25, -0.2) is 13.1 Å². The van der Waals surface area contributed by atoms with Crippen LogP contribution in [-0.4, -0.2) is 38.9 Å². The van der Waals surface area contributed by atoms with Crippen molar-refractivity contribution in [1.29, 1.82) is 0 Å². The molecule has 3 rings (SSSR count). The molecule has 168 valence electrons. The van der Waals surface area contributed by atoms with Gasteiger partial charge in [-0.2, -0.15) is 0 Å². The maximum absolute atomic E-state index is 12.5. The number of carbonyl (C=O) groups is 1. The first-order valence-electron chi connectivity index (χ1n) is 10.9. The molecule has 6 nitrogen and oxygen atoms in total. The summed E-state index contributed by atoms with van der Waals surface area (Å²) >= 11 is 0. The monoisotopic (exact) mass is 443 g/mol. The Morgan fingerprint density at radius 1 is 1.03 bits per heavy atom. The molecule has 2 N–H and O–H groups in total. The average Bonchev–Trinajstić information content (AvgIpc) is 2.72. The van der Waals surface area contributed by atoms with Crippen LogP contribution in [0.2, 0.25) is 0 Å². The molecular weight excluding hydrogens is 410 g/mol. The van der Waals surface area contributed by atoms with Gasteiger partial charge in [0.05, 0.1) is 4.90 Å². The molecule has 2 aromatic rings. The number of carbonyl (C=O) groups excluding carboxylic acids is 1. The Labute approximate surface area is 186 Å². The van der Waals surface area contributed by atoms with Gasteiger partial charge in [-0.05, 0) is 47.6 Å². The highest BCUT2D eigenvalue weighted by atomic mass is 32.2. The predicted octanol–water partition coefficient (Wildman–Crippen LogP) is 3.39. The van der Waals surface area contributed by atoms with Crippen LogP contribution >= 0.6 is 0 Å². The Morgan fingerprint density at radius 3 is 2.32 bits per heavy atom. The van der Waals surface area contributed by atoms with Crippen LogP contribution in [0.1, 0.15) is 48.7 Å². The lowest BCUT2D eigenvalue weighted by Gasteiger charge is -2.35. The van der Waals surface area contributed by atoms with E-state index in [1.165, 1.54) is 24.1 Å². The standard InChI is InChI=1S/C24H33N3O3S/c1-4-26-31(29,30)23-7-5-6-22(13-23)24(28)25-14-20-8-10-21(11-9-20)17-27-15-18(2)12-19(3)16-27/h5-11,13,18-19,26H,4,12,14-17H2,1-3H3,(H,25,28). The Bertz CT molecular complexity index is 979. The van der Waals surface area contributed by atoms with E-state index in [0.717, 1.165) is 37.0 Å². The molecule has 0 aromatic heterocycles. The number of benzene rings is 2. The summed E-state index contributed by atoms with van der Waals surface area (Å²) in [5.74, 6) is 1.18. The van der Waals surface area contributed by atoms with Crippen LogP contribution in [0.4, 0.5) is 0 Å². The topological polar surface area (TPSA) is 78.5 Å². The first-order valence-corrected chi connectivity index (χ1v) is 12.4. The lowest BCUT2D eigenvalue weighted by atomic mass is 9.91. The van der Waals surface area contributed by atoms with E-state index >= 15 is 0 Å². The van der Waals surface area contributed by atoms with Crippen molar-refractivity contribution < 1.29 is 13.2 Å². The van der Waals surface area contributed by atoms with Crippen molar-refractivity contribution in [1.82, 2.24) is 14.9 Å². The van der Waals surface area contributed by atoms with E-state index in [4.69, 9.17) is 0 Å². The van der Waals surface area contributed by atoms with Crippen LogP contribution in [-0.2, 0) is 23.1 Å². The van der Waals surface area contributed by atoms with Crippen LogP contribution < -0.4 is 10.0 Å². The molecule has 7 heteroatoms. The summed E-state index contributed by atoms with van der Waals surface area (Å²) in [6.45, 7) is 10.3. The van der Waals surface area contributed by atoms with Crippen molar-refractivity contribution in [2.24, 2.45) is 11.8 Å². The average molecular weight is 444 g/mol. The van der Waals surface area contributed by atoms with Crippen LogP contribution in [0.25, 0.3) is 0 Å². The largest absolute Gasteiger partial charge is 0.348 e. The molecule has 1 fully saturated rings. The van der Waals surface area contributed by atoms with E-state index in [2.05, 4.69) is 40.9 Å². The number of sulfonamides is 1. The lowest BCUT2D eigenvalue weighted by molar-refractivity contribution is 0.0950. The smallest absolute Gasteiger partial charge is 0.251 e. The second kappa shape index (κ2) is 10.4. The van der Waals surface area contributed by atoms with E-state index in [0.29, 0.717) is 18.7 Å². The molecule has 0 spiro atoms. The van der Waals surface area contributed by atoms with E-state index in [1.807, 2.05) is 12.1 Å². The number of piperidine rings is 1. The highest BCUT2D eigenvalue weighted by Crippen LogP contribution is 2.22. The zero-order valence-corrected chi connectivity index (χ0v) is 19.4. The van der Waals surface area contributed by atoms with Crippen LogP contribution in [0.15, 0.2) is 53.4 Å². The van der Waals surface area contributed by atoms with E-state index in [-0.39, 0.29) is 10.8 Å². The van der Waals surface area contributed by atoms with Crippen molar-refractivity contribution >= 4 is 15.9 Å². The zero-order chi connectivity index (χ0) is 22.4. The summed E-state index contributed by atoms with van der Waals surface area (Å²) in [6.07, 6.45) is 1.30. The Balaban J connectivity index is 1.56. The number of hydrogen-bond acceptors (Lipinski definition) is 4. The maximum Gasteiger partial charge on any atom is 0.251 e.